The second-order valence-electron chi connectivity index (χ2n) is 9.28. The summed E-state index contributed by atoms with van der Waals surface area (Å²) in [5, 5.41) is 0. The van der Waals surface area contributed by atoms with E-state index in [-0.39, 0.29) is 11.9 Å². The van der Waals surface area contributed by atoms with Crippen molar-refractivity contribution in [1.29, 1.82) is 0 Å². The number of methoxy groups -OCH3 is 1. The highest BCUT2D eigenvalue weighted by atomic mass is 29.9. The molecule has 0 saturated carbocycles. The van der Waals surface area contributed by atoms with Crippen molar-refractivity contribution in [3.05, 3.63) is 0 Å². The Kier molecular flexibility index (Phi) is 6.32. The maximum Gasteiger partial charge on any atom is 0.308 e. The largest absolute Gasteiger partial charge is 0.469 e. The highest BCUT2D eigenvalue weighted by Crippen LogP contribution is 2.42. The molecule has 1 atom stereocenters. The lowest BCUT2D eigenvalue weighted by Crippen LogP contribution is -2.83. The molecule has 0 aliphatic heterocycles. The number of hydrogen-bond donors (Lipinski definition) is 0. The van der Waals surface area contributed by atoms with Crippen molar-refractivity contribution in [3.63, 3.8) is 0 Å². The van der Waals surface area contributed by atoms with E-state index in [1.165, 1.54) is 13.2 Å². The molecule has 120 valence electrons. The molecule has 0 saturated heterocycles. The monoisotopic (exact) mass is 348 g/mol. The average molecular weight is 349 g/mol. The Hall–Kier alpha value is 0.338. The summed E-state index contributed by atoms with van der Waals surface area (Å²) in [4.78, 5) is 12.0. The second kappa shape index (κ2) is 6.22. The molecule has 0 spiro atoms. The van der Waals surface area contributed by atoms with Gasteiger partial charge in [-0.05, 0) is 6.04 Å². The molecule has 0 heterocycles. The third-order valence-electron chi connectivity index (χ3n) is 5.06. The van der Waals surface area contributed by atoms with Gasteiger partial charge in [0.15, 0.2) is 0 Å². The van der Waals surface area contributed by atoms with Crippen molar-refractivity contribution < 1.29 is 9.53 Å². The summed E-state index contributed by atoms with van der Waals surface area (Å²) >= 11 is 0. The van der Waals surface area contributed by atoms with E-state index in [0.717, 1.165) is 0 Å². The van der Waals surface area contributed by atoms with E-state index < -0.39 is 29.4 Å². The molecule has 6 heteroatoms. The van der Waals surface area contributed by atoms with E-state index in [1.54, 1.807) is 0 Å². The van der Waals surface area contributed by atoms with Crippen LogP contribution in [0, 0.1) is 5.92 Å². The third kappa shape index (κ3) is 3.75. The minimum Gasteiger partial charge on any atom is -0.469 e. The number of hydrogen-bond acceptors (Lipinski definition) is 2. The Morgan fingerprint density at radius 3 is 1.35 bits per heavy atom. The van der Waals surface area contributed by atoms with Gasteiger partial charge in [0.05, 0.1) is 13.0 Å². The van der Waals surface area contributed by atoms with Crippen molar-refractivity contribution in [1.82, 2.24) is 0 Å². The fourth-order valence-electron chi connectivity index (χ4n) is 5.04. The van der Waals surface area contributed by atoms with Crippen LogP contribution in [0.4, 0.5) is 0 Å². The predicted octanol–water partition coefficient (Wildman–Crippen LogP) is 4.49. The normalized spacial score (nSPS) is 15.9. The minimum atomic E-state index is -1.43. The number of carbonyl (C=O) groups is 1. The van der Waals surface area contributed by atoms with Gasteiger partial charge in [-0.2, -0.15) is 0 Å². The van der Waals surface area contributed by atoms with Crippen molar-refractivity contribution in [2.75, 3.05) is 7.11 Å². The maximum absolute atomic E-state index is 12.0. The lowest BCUT2D eigenvalue weighted by Gasteiger charge is -2.58. The molecule has 0 rings (SSSR count). The number of esters is 1. The first-order valence-corrected chi connectivity index (χ1v) is 23.4. The Balaban J connectivity index is 6.00. The number of rotatable bonds is 6. The summed E-state index contributed by atoms with van der Waals surface area (Å²) in [6.07, 6.45) is 0. The van der Waals surface area contributed by atoms with Crippen molar-refractivity contribution >= 4 is 35.4 Å². The Morgan fingerprint density at radius 1 is 0.850 bits per heavy atom. The van der Waals surface area contributed by atoms with E-state index >= 15 is 0 Å². The molecule has 0 aromatic carbocycles. The van der Waals surface area contributed by atoms with Crippen LogP contribution in [0.3, 0.4) is 0 Å². The van der Waals surface area contributed by atoms with Crippen LogP contribution in [0.5, 0.6) is 0 Å². The standard InChI is InChI=1S/C14H36O2Si4/c1-13(14(15)16-2)12-20(17(3,4)5,18(6,7)8)19(9,10)11/h13H,12H2,1-11H3. The molecule has 0 aromatic heterocycles. The van der Waals surface area contributed by atoms with Gasteiger partial charge in [0.2, 0.25) is 0 Å². The van der Waals surface area contributed by atoms with Gasteiger partial charge < -0.3 is 4.74 Å². The molecule has 20 heavy (non-hydrogen) atoms. The zero-order chi connectivity index (χ0) is 16.6. The van der Waals surface area contributed by atoms with Crippen LogP contribution in [-0.2, 0) is 9.53 Å². The summed E-state index contributed by atoms with van der Waals surface area (Å²) in [6.45, 7) is 23.8. The van der Waals surface area contributed by atoms with Gasteiger partial charge in [-0.1, -0.05) is 65.8 Å². The quantitative estimate of drug-likeness (QED) is 0.522. The van der Waals surface area contributed by atoms with Gasteiger partial charge >= 0.3 is 5.97 Å². The van der Waals surface area contributed by atoms with Gasteiger partial charge in [-0.25, -0.2) is 0 Å². The summed E-state index contributed by atoms with van der Waals surface area (Å²) < 4.78 is 5.03. The Bertz CT molecular complexity index is 312. The summed E-state index contributed by atoms with van der Waals surface area (Å²) in [5.74, 6) is 0.0773. The molecule has 2 nitrogen and oxygen atoms in total. The first kappa shape index (κ1) is 20.3. The lowest BCUT2D eigenvalue weighted by molar-refractivity contribution is -0.144. The van der Waals surface area contributed by atoms with Gasteiger partial charge in [-0.3, -0.25) is 4.79 Å². The summed E-state index contributed by atoms with van der Waals surface area (Å²) in [7, 11) is -2.30. The first-order valence-electron chi connectivity index (χ1n) is 7.69. The van der Waals surface area contributed by atoms with Crippen molar-refractivity contribution in [2.24, 2.45) is 5.92 Å². The van der Waals surface area contributed by atoms with Crippen LogP contribution >= 0.6 is 0 Å². The third-order valence-corrected chi connectivity index (χ3v) is 79.3. The van der Waals surface area contributed by atoms with Crippen molar-refractivity contribution in [2.45, 2.75) is 71.9 Å². The van der Waals surface area contributed by atoms with Gasteiger partial charge in [0.25, 0.3) is 0 Å². The molecule has 0 aliphatic rings. The predicted molar refractivity (Wildman–Crippen MR) is 102 cm³/mol. The molecular formula is C14H36O2Si4. The van der Waals surface area contributed by atoms with Crippen LogP contribution < -0.4 is 0 Å². The molecule has 0 aliphatic carbocycles. The molecular weight excluding hydrogens is 312 g/mol. The van der Waals surface area contributed by atoms with Crippen LogP contribution in [0.25, 0.3) is 0 Å². The van der Waals surface area contributed by atoms with E-state index in [9.17, 15) is 4.79 Å². The molecule has 0 fully saturated rings. The van der Waals surface area contributed by atoms with E-state index in [0.29, 0.717) is 0 Å². The van der Waals surface area contributed by atoms with Crippen LogP contribution in [0.15, 0.2) is 0 Å². The molecule has 0 aromatic rings. The maximum atomic E-state index is 12.0. The molecule has 0 bridgehead atoms. The van der Waals surface area contributed by atoms with Crippen LogP contribution in [-0.4, -0.2) is 42.5 Å². The zero-order valence-corrected chi connectivity index (χ0v) is 19.6. The van der Waals surface area contributed by atoms with E-state index in [1.807, 2.05) is 0 Å². The molecule has 0 amide bonds. The minimum absolute atomic E-state index is 0.00312. The molecule has 0 N–H and O–H groups in total. The fourth-order valence-corrected chi connectivity index (χ4v) is 104. The first-order chi connectivity index (χ1) is 8.62. The zero-order valence-electron chi connectivity index (χ0n) is 15.6. The van der Waals surface area contributed by atoms with Gasteiger partial charge in [0, 0.05) is 29.4 Å². The van der Waals surface area contributed by atoms with E-state index in [2.05, 4.69) is 65.8 Å². The highest BCUT2D eigenvalue weighted by Gasteiger charge is 2.61. The van der Waals surface area contributed by atoms with Crippen LogP contribution in [0.2, 0.25) is 65.0 Å². The van der Waals surface area contributed by atoms with Crippen LogP contribution in [0.1, 0.15) is 6.92 Å². The lowest BCUT2D eigenvalue weighted by atomic mass is 10.2. The summed E-state index contributed by atoms with van der Waals surface area (Å²) in [6, 6.07) is 1.17. The fraction of sp³-hybridized carbons (Fsp3) is 0.929. The van der Waals surface area contributed by atoms with Gasteiger partial charge in [-0.15, -0.1) is 0 Å². The molecule has 1 unspecified atom stereocenters. The van der Waals surface area contributed by atoms with Gasteiger partial charge in [0.1, 0.15) is 0 Å². The Labute approximate surface area is 130 Å². The summed E-state index contributed by atoms with van der Waals surface area (Å²) in [5.41, 5.74) is 0. The smallest absolute Gasteiger partial charge is 0.308 e. The SMILES string of the molecule is COC(=O)C(C)C[Si]([Si](C)(C)C)([Si](C)(C)C)[Si](C)(C)C. The second-order valence-corrected chi connectivity index (χ2v) is 50.7. The number of carbonyl (C=O) groups excluding carboxylic acids is 1. The van der Waals surface area contributed by atoms with E-state index in [4.69, 9.17) is 4.74 Å². The molecule has 0 radical (unpaired) electrons. The Morgan fingerprint density at radius 2 is 1.15 bits per heavy atom. The van der Waals surface area contributed by atoms with Crippen molar-refractivity contribution in [3.8, 4) is 0 Å². The highest BCUT2D eigenvalue weighted by molar-refractivity contribution is 7.89. The number of ether oxygens (including phenoxy) is 1. The average Bonchev–Trinajstić information content (AvgIpc) is 2.18. The topological polar surface area (TPSA) is 26.3 Å².